The van der Waals surface area contributed by atoms with Crippen LogP contribution in [-0.2, 0) is 6.54 Å². The molecule has 0 aliphatic rings. The lowest BCUT2D eigenvalue weighted by molar-refractivity contribution is 0.0963. The molecule has 0 saturated carbocycles. The summed E-state index contributed by atoms with van der Waals surface area (Å²) in [5, 5.41) is 5.89. The molecule has 2 aromatic rings. The van der Waals surface area contributed by atoms with Crippen molar-refractivity contribution in [2.24, 2.45) is 0 Å². The molecule has 2 N–H and O–H groups in total. The molecule has 4 nitrogen and oxygen atoms in total. The van der Waals surface area contributed by atoms with Crippen molar-refractivity contribution < 1.29 is 9.21 Å². The van der Waals surface area contributed by atoms with Crippen LogP contribution in [0.4, 0.5) is 5.69 Å². The topological polar surface area (TPSA) is 54.3 Å². The summed E-state index contributed by atoms with van der Waals surface area (Å²) < 4.78 is 6.27. The number of rotatable bonds is 4. The summed E-state index contributed by atoms with van der Waals surface area (Å²) >= 11 is 3.41. The Morgan fingerprint density at radius 1 is 1.37 bits per heavy atom. The number of aryl methyl sites for hydroxylation is 1. The van der Waals surface area contributed by atoms with Gasteiger partial charge in [-0.05, 0) is 46.6 Å². The van der Waals surface area contributed by atoms with Crippen molar-refractivity contribution in [1.29, 1.82) is 0 Å². The summed E-state index contributed by atoms with van der Waals surface area (Å²) in [6, 6.07) is 7.42. The first-order valence-corrected chi connectivity index (χ1v) is 6.69. The molecule has 0 bridgehead atoms. The van der Waals surface area contributed by atoms with Gasteiger partial charge in [0.05, 0.1) is 17.3 Å². The number of hydrogen-bond donors (Lipinski definition) is 2. The van der Waals surface area contributed by atoms with Crippen molar-refractivity contribution in [3.05, 3.63) is 51.9 Å². The molecule has 5 heteroatoms. The van der Waals surface area contributed by atoms with Gasteiger partial charge in [0.15, 0.2) is 0 Å². The summed E-state index contributed by atoms with van der Waals surface area (Å²) in [4.78, 5) is 11.6. The van der Waals surface area contributed by atoms with Gasteiger partial charge in [-0.1, -0.05) is 6.07 Å². The number of nitrogens with one attached hydrogen (secondary N) is 2. The molecule has 0 radical (unpaired) electrons. The number of hydrogen-bond acceptors (Lipinski definition) is 3. The quantitative estimate of drug-likeness (QED) is 0.907. The molecule has 1 heterocycles. The van der Waals surface area contributed by atoms with E-state index in [2.05, 4.69) is 26.6 Å². The smallest absolute Gasteiger partial charge is 0.251 e. The molecule has 2 rings (SSSR count). The maximum Gasteiger partial charge on any atom is 0.251 e. The third kappa shape index (κ3) is 3.17. The van der Waals surface area contributed by atoms with E-state index in [1.54, 1.807) is 13.3 Å². The van der Waals surface area contributed by atoms with Gasteiger partial charge < -0.3 is 15.1 Å². The maximum absolute atomic E-state index is 11.6. The van der Waals surface area contributed by atoms with Gasteiger partial charge in [0.25, 0.3) is 5.91 Å². The summed E-state index contributed by atoms with van der Waals surface area (Å²) in [5.74, 6) is 0.729. The van der Waals surface area contributed by atoms with Crippen LogP contribution in [0.3, 0.4) is 0 Å². The molecule has 0 atom stereocenters. The fraction of sp³-hybridized carbons (Fsp3) is 0.214. The number of benzene rings is 1. The first-order valence-electron chi connectivity index (χ1n) is 5.90. The second kappa shape index (κ2) is 5.93. The highest BCUT2D eigenvalue weighted by Gasteiger charge is 2.08. The molecule has 19 heavy (non-hydrogen) atoms. The average Bonchev–Trinajstić information content (AvgIpc) is 2.82. The van der Waals surface area contributed by atoms with E-state index in [4.69, 9.17) is 4.42 Å². The molecule has 100 valence electrons. The van der Waals surface area contributed by atoms with Gasteiger partial charge in [-0.25, -0.2) is 0 Å². The summed E-state index contributed by atoms with van der Waals surface area (Å²) in [6.45, 7) is 2.55. The van der Waals surface area contributed by atoms with Gasteiger partial charge in [-0.15, -0.1) is 0 Å². The fourth-order valence-corrected chi connectivity index (χ4v) is 2.07. The second-order valence-corrected chi connectivity index (χ2v) is 5.01. The Kier molecular flexibility index (Phi) is 4.27. The molecule has 0 unspecified atom stereocenters. The maximum atomic E-state index is 11.6. The largest absolute Gasteiger partial charge is 0.466 e. The Morgan fingerprint density at radius 3 is 2.79 bits per heavy atom. The van der Waals surface area contributed by atoms with E-state index >= 15 is 0 Å². The number of halogens is 1. The van der Waals surface area contributed by atoms with Crippen LogP contribution < -0.4 is 10.6 Å². The van der Waals surface area contributed by atoms with Gasteiger partial charge in [-0.2, -0.15) is 0 Å². The predicted octanol–water partition coefficient (Wildman–Crippen LogP) is 3.32. The van der Waals surface area contributed by atoms with Crippen LogP contribution in [0.2, 0.25) is 0 Å². The predicted molar refractivity (Wildman–Crippen MR) is 78.3 cm³/mol. The molecule has 0 saturated heterocycles. The highest BCUT2D eigenvalue weighted by molar-refractivity contribution is 9.10. The normalized spacial score (nSPS) is 10.3. The van der Waals surface area contributed by atoms with Crippen molar-refractivity contribution in [3.63, 3.8) is 0 Å². The van der Waals surface area contributed by atoms with Gasteiger partial charge in [0.1, 0.15) is 5.76 Å². The van der Waals surface area contributed by atoms with Crippen molar-refractivity contribution in [2.75, 3.05) is 12.4 Å². The molecule has 1 aromatic carbocycles. The van der Waals surface area contributed by atoms with Crippen LogP contribution in [0.25, 0.3) is 0 Å². The lowest BCUT2D eigenvalue weighted by Crippen LogP contribution is -2.18. The Balaban J connectivity index is 2.15. The van der Waals surface area contributed by atoms with E-state index in [-0.39, 0.29) is 5.91 Å². The first kappa shape index (κ1) is 13.7. The minimum absolute atomic E-state index is 0.0952. The highest BCUT2D eigenvalue weighted by Crippen LogP contribution is 2.21. The van der Waals surface area contributed by atoms with Crippen LogP contribution in [0, 0.1) is 6.92 Å². The van der Waals surface area contributed by atoms with Crippen molar-refractivity contribution in [1.82, 2.24) is 5.32 Å². The number of carbonyl (C=O) groups is 1. The SMILES string of the molecule is CNC(=O)c1ccc(C)c(NCc2occc2Br)c1. The van der Waals surface area contributed by atoms with E-state index in [0.29, 0.717) is 12.1 Å². The van der Waals surface area contributed by atoms with Crippen LogP contribution >= 0.6 is 15.9 Å². The van der Waals surface area contributed by atoms with Gasteiger partial charge in [0, 0.05) is 18.3 Å². The van der Waals surface area contributed by atoms with Crippen LogP contribution in [-0.4, -0.2) is 13.0 Å². The van der Waals surface area contributed by atoms with E-state index in [0.717, 1.165) is 21.5 Å². The van der Waals surface area contributed by atoms with Gasteiger partial charge in [0.2, 0.25) is 0 Å². The number of carbonyl (C=O) groups excluding carboxylic acids is 1. The summed E-state index contributed by atoms with van der Waals surface area (Å²) in [5.41, 5.74) is 2.63. The standard InChI is InChI=1S/C14H15BrN2O2/c1-9-3-4-10(14(18)16-2)7-12(9)17-8-13-11(15)5-6-19-13/h3-7,17H,8H2,1-2H3,(H,16,18). The zero-order chi connectivity index (χ0) is 13.8. The van der Waals surface area contributed by atoms with Crippen LogP contribution in [0.15, 0.2) is 39.4 Å². The second-order valence-electron chi connectivity index (χ2n) is 4.15. The third-order valence-electron chi connectivity index (χ3n) is 2.86. The first-order chi connectivity index (χ1) is 9.11. The average molecular weight is 323 g/mol. The van der Waals surface area contributed by atoms with Crippen molar-refractivity contribution in [3.8, 4) is 0 Å². The summed E-state index contributed by atoms with van der Waals surface area (Å²) in [7, 11) is 1.62. The molecule has 1 aromatic heterocycles. The minimum Gasteiger partial charge on any atom is -0.466 e. The Morgan fingerprint density at radius 2 is 2.16 bits per heavy atom. The Bertz CT molecular complexity index is 593. The van der Waals surface area contributed by atoms with Crippen LogP contribution in [0.1, 0.15) is 21.7 Å². The molecule has 0 aliphatic heterocycles. The lowest BCUT2D eigenvalue weighted by Gasteiger charge is -2.10. The molecular weight excluding hydrogens is 308 g/mol. The zero-order valence-electron chi connectivity index (χ0n) is 10.8. The van der Waals surface area contributed by atoms with E-state index < -0.39 is 0 Å². The van der Waals surface area contributed by atoms with Crippen molar-refractivity contribution >= 4 is 27.5 Å². The molecule has 1 amide bonds. The minimum atomic E-state index is -0.0952. The zero-order valence-corrected chi connectivity index (χ0v) is 12.4. The number of furan rings is 1. The molecule has 0 fully saturated rings. The van der Waals surface area contributed by atoms with Crippen LogP contribution in [0.5, 0.6) is 0 Å². The van der Waals surface area contributed by atoms with E-state index in [1.165, 1.54) is 0 Å². The summed E-state index contributed by atoms with van der Waals surface area (Å²) in [6.07, 6.45) is 1.63. The number of amides is 1. The molecule has 0 spiro atoms. The van der Waals surface area contributed by atoms with Gasteiger partial charge >= 0.3 is 0 Å². The molecule has 0 aliphatic carbocycles. The molecular formula is C14H15BrN2O2. The third-order valence-corrected chi connectivity index (χ3v) is 3.56. The van der Waals surface area contributed by atoms with E-state index in [1.807, 2.05) is 31.2 Å². The number of anilines is 1. The van der Waals surface area contributed by atoms with Gasteiger partial charge in [-0.3, -0.25) is 4.79 Å². The Labute approximate surface area is 120 Å². The monoisotopic (exact) mass is 322 g/mol. The Hall–Kier alpha value is -1.75. The van der Waals surface area contributed by atoms with E-state index in [9.17, 15) is 4.79 Å². The fourth-order valence-electron chi connectivity index (χ4n) is 1.72. The lowest BCUT2D eigenvalue weighted by atomic mass is 10.1. The highest BCUT2D eigenvalue weighted by atomic mass is 79.9. The van der Waals surface area contributed by atoms with Crippen molar-refractivity contribution in [2.45, 2.75) is 13.5 Å².